The van der Waals surface area contributed by atoms with Gasteiger partial charge < -0.3 is 42.0 Å². The number of rotatable bonds is 31. The molecule has 20 nitrogen and oxygen atoms in total. The minimum Gasteiger partial charge on any atom is -0.465 e. The van der Waals surface area contributed by atoms with Gasteiger partial charge in [-0.05, 0) is 210 Å². The van der Waals surface area contributed by atoms with Gasteiger partial charge in [-0.3, -0.25) is 19.2 Å². The lowest BCUT2D eigenvalue weighted by atomic mass is 9.78. The van der Waals surface area contributed by atoms with Gasteiger partial charge in [0.1, 0.15) is 39.2 Å². The van der Waals surface area contributed by atoms with E-state index in [1.807, 2.05) is 59.7 Å². The predicted molar refractivity (Wildman–Crippen MR) is 402 cm³/mol. The number of aryl methyl sites for hydroxylation is 3. The number of benzene rings is 3. The summed E-state index contributed by atoms with van der Waals surface area (Å²) in [6.45, 7) is 29.0. The van der Waals surface area contributed by atoms with Crippen LogP contribution in [0.25, 0.3) is 32.9 Å². The molecule has 6 aromatic rings. The molecule has 558 valence electrons. The van der Waals surface area contributed by atoms with E-state index in [0.29, 0.717) is 95.8 Å². The van der Waals surface area contributed by atoms with Gasteiger partial charge in [0.15, 0.2) is 5.78 Å². The van der Waals surface area contributed by atoms with Crippen molar-refractivity contribution in [1.29, 1.82) is 0 Å². The number of fused-ring (bicyclic) bond motifs is 3. The predicted octanol–water partition coefficient (Wildman–Crippen LogP) is 18.0. The first kappa shape index (κ1) is 99.8. The van der Waals surface area contributed by atoms with Crippen LogP contribution in [0.1, 0.15) is 231 Å². The van der Waals surface area contributed by atoms with Crippen LogP contribution in [-0.4, -0.2) is 91.4 Å². The number of carbonyl (C=O) groups is 8. The Bertz CT molecular complexity index is 3740. The molecule has 100 heavy (non-hydrogen) atoms. The standard InChI is InChI=1S/C27H36O7.C21H24O6.C17H20O5.C4H5ClO.C4H6O.6CH4/c1-6-27(5,17-19(3)20(4)28)26(31)33-14-10-8-7-9-13-32-24(29)22-16-21-12-11-18(2)15-23(21)34-25(22)30;1-14(2)19(22)25-10-6-4-5-7-11-26-20(23)17-13-16-9-8-15(3)12-18(16)27-21(17)24;1-12-6-7-13-11-14(17(20)22-15(13)10-12)16(19)21-9-5-3-2-4-8-18;1-3(2)4(5)6;1-3-4(2)5;;;;;;/h11-12,15-16,19H,6-10,13-14,17H2,1-5H3;8-9,12-13H,1,4-7,10-11H2,2-3H3;6-7,10-11,18H,2-5,8-9H2,1H3;1H2,2H3;3H,1H2,2H3;6*1H4. The second-order valence-electron chi connectivity index (χ2n) is 22.9. The van der Waals surface area contributed by atoms with Gasteiger partial charge in [-0.1, -0.05) is 121 Å². The maximum Gasteiger partial charge on any atom is 0.351 e. The van der Waals surface area contributed by atoms with E-state index in [-0.39, 0.29) is 117 Å². The number of ketones is 2. The molecule has 2 atom stereocenters. The highest BCUT2D eigenvalue weighted by Crippen LogP contribution is 2.32. The van der Waals surface area contributed by atoms with Crippen molar-refractivity contribution in [2.75, 3.05) is 39.6 Å². The van der Waals surface area contributed by atoms with Gasteiger partial charge in [-0.2, -0.15) is 0 Å². The van der Waals surface area contributed by atoms with Crippen LogP contribution in [-0.2, 0) is 47.7 Å². The van der Waals surface area contributed by atoms with Gasteiger partial charge in [0.25, 0.3) is 0 Å². The summed E-state index contributed by atoms with van der Waals surface area (Å²) in [7, 11) is 0. The molecule has 0 spiro atoms. The highest BCUT2D eigenvalue weighted by molar-refractivity contribution is 6.67. The van der Waals surface area contributed by atoms with E-state index in [9.17, 15) is 52.7 Å². The number of carbonyl (C=O) groups excluding carboxylic acids is 8. The summed E-state index contributed by atoms with van der Waals surface area (Å²) in [4.78, 5) is 127. The van der Waals surface area contributed by atoms with Crippen molar-refractivity contribution in [3.05, 3.63) is 174 Å². The van der Waals surface area contributed by atoms with Crippen LogP contribution >= 0.6 is 11.6 Å². The number of allylic oxidation sites excluding steroid dienone is 2. The molecule has 2 unspecified atom stereocenters. The molecule has 0 aliphatic heterocycles. The lowest BCUT2D eigenvalue weighted by Crippen LogP contribution is -2.32. The average Bonchev–Trinajstić information content (AvgIpc) is 0.825. The first-order valence-corrected chi connectivity index (χ1v) is 31.6. The number of aliphatic hydroxyl groups is 1. The van der Waals surface area contributed by atoms with E-state index in [4.69, 9.17) is 53.6 Å². The topological polar surface area (TPSA) is 294 Å². The Hall–Kier alpha value is -8.88. The lowest BCUT2D eigenvalue weighted by molar-refractivity contribution is -0.156. The molecule has 6 rings (SSSR count). The molecule has 21 heteroatoms. The van der Waals surface area contributed by atoms with Gasteiger partial charge >= 0.3 is 46.7 Å². The van der Waals surface area contributed by atoms with Crippen molar-refractivity contribution in [3.8, 4) is 0 Å². The zero-order valence-electron chi connectivity index (χ0n) is 55.9. The van der Waals surface area contributed by atoms with Crippen LogP contribution in [0.5, 0.6) is 0 Å². The highest BCUT2D eigenvalue weighted by Gasteiger charge is 2.35. The van der Waals surface area contributed by atoms with E-state index in [1.165, 1.54) is 31.2 Å². The Morgan fingerprint density at radius 2 is 0.790 bits per heavy atom. The second-order valence-corrected chi connectivity index (χ2v) is 23.2. The first-order valence-electron chi connectivity index (χ1n) is 31.2. The van der Waals surface area contributed by atoms with E-state index in [2.05, 4.69) is 19.7 Å². The summed E-state index contributed by atoms with van der Waals surface area (Å²) in [6.07, 6.45) is 11.6. The summed E-state index contributed by atoms with van der Waals surface area (Å²) in [5.74, 6) is -2.75. The van der Waals surface area contributed by atoms with Gasteiger partial charge in [-0.15, -0.1) is 0 Å². The summed E-state index contributed by atoms with van der Waals surface area (Å²) in [5.41, 5.74) is 2.00. The fraction of sp³-hybridized carbons (Fsp3) is 0.481. The van der Waals surface area contributed by atoms with Gasteiger partial charge in [0.2, 0.25) is 5.24 Å². The zero-order valence-corrected chi connectivity index (χ0v) is 56.7. The SMILES string of the molecule is C.C.C.C.C.C.C=C(C)C(=O)Cl.C=C(C)C(=O)OCCCCCCOC(=O)c1cc2ccc(C)cc2oc1=O.C=CC(C)=O.CCC(C)(CC(C)C(C)=O)C(=O)OCCCCCCOC(=O)c1cc2ccc(C)cc2oc1=O.Cc1ccc2cc(C(=O)OCCCCCCO)c(=O)oc2c1. The molecule has 0 bridgehead atoms. The maximum absolute atomic E-state index is 12.5. The quantitative estimate of drug-likeness (QED) is 0.0106. The van der Waals surface area contributed by atoms with E-state index in [1.54, 1.807) is 57.2 Å². The zero-order chi connectivity index (χ0) is 70.5. The smallest absolute Gasteiger partial charge is 0.351 e. The maximum atomic E-state index is 12.5. The molecule has 0 saturated carbocycles. The van der Waals surface area contributed by atoms with Crippen LogP contribution in [0.3, 0.4) is 0 Å². The fourth-order valence-corrected chi connectivity index (χ4v) is 8.31. The summed E-state index contributed by atoms with van der Waals surface area (Å²) in [6, 6.07) is 20.8. The third-order valence-corrected chi connectivity index (χ3v) is 14.6. The molecular weight excluding hydrogens is 1300 g/mol. The van der Waals surface area contributed by atoms with E-state index >= 15 is 0 Å². The first-order chi connectivity index (χ1) is 44.5. The lowest BCUT2D eigenvalue weighted by Gasteiger charge is -2.28. The van der Waals surface area contributed by atoms with Crippen molar-refractivity contribution in [3.63, 3.8) is 0 Å². The van der Waals surface area contributed by atoms with Gasteiger partial charge in [0, 0.05) is 39.8 Å². The highest BCUT2D eigenvalue weighted by atomic mass is 35.5. The molecule has 0 saturated heterocycles. The third kappa shape index (κ3) is 37.3. The van der Waals surface area contributed by atoms with Crippen molar-refractivity contribution >= 4 is 91.2 Å². The molecule has 3 aromatic carbocycles. The minimum absolute atomic E-state index is 0. The number of esters is 5. The molecule has 0 aliphatic rings. The Morgan fingerprint density at radius 1 is 0.500 bits per heavy atom. The molecule has 0 amide bonds. The number of hydrogen-bond acceptors (Lipinski definition) is 20. The monoisotopic (exact) mass is 1420 g/mol. The van der Waals surface area contributed by atoms with Gasteiger partial charge in [-0.25, -0.2) is 33.6 Å². The fourth-order valence-electron chi connectivity index (χ4n) is 8.31. The third-order valence-electron chi connectivity index (χ3n) is 14.3. The number of halogens is 1. The molecule has 3 heterocycles. The number of unbranched alkanes of at least 4 members (excludes halogenated alkanes) is 9. The largest absolute Gasteiger partial charge is 0.465 e. The van der Waals surface area contributed by atoms with Crippen LogP contribution in [0.15, 0.2) is 137 Å². The van der Waals surface area contributed by atoms with Gasteiger partial charge in [0.05, 0.1) is 38.4 Å². The second kappa shape index (κ2) is 53.1. The normalized spacial score (nSPS) is 10.7. The van der Waals surface area contributed by atoms with Crippen LogP contribution in [0.4, 0.5) is 0 Å². The Labute approximate surface area is 597 Å². The number of ether oxygens (including phenoxy) is 5. The summed E-state index contributed by atoms with van der Waals surface area (Å²) < 4.78 is 41.5. The number of hydrogen-bond donors (Lipinski definition) is 1. The Kier molecular flexibility index (Phi) is 53.0. The van der Waals surface area contributed by atoms with Crippen LogP contribution in [0.2, 0.25) is 0 Å². The molecule has 3 aromatic heterocycles. The molecular formula is C79H115ClO20. The number of aliphatic hydroxyl groups excluding tert-OH is 1. The Morgan fingerprint density at radius 3 is 1.05 bits per heavy atom. The molecule has 0 aliphatic carbocycles. The average molecular weight is 1420 g/mol. The van der Waals surface area contributed by atoms with Crippen molar-refractivity contribution in [2.45, 2.75) is 204 Å². The van der Waals surface area contributed by atoms with E-state index in [0.717, 1.165) is 68.1 Å². The molecule has 0 radical (unpaired) electrons. The van der Waals surface area contributed by atoms with E-state index < -0.39 is 45.4 Å². The van der Waals surface area contributed by atoms with Crippen molar-refractivity contribution in [1.82, 2.24) is 0 Å². The minimum atomic E-state index is -0.707. The van der Waals surface area contributed by atoms with Crippen LogP contribution in [0, 0.1) is 32.1 Å². The number of Topliss-reactive ketones (excluding diaryl/α,β-unsaturated/α-hetero) is 1. The Balaban J connectivity index is -0.000000413. The van der Waals surface area contributed by atoms with Crippen LogP contribution < -0.4 is 16.9 Å². The summed E-state index contributed by atoms with van der Waals surface area (Å²) in [5, 5.41) is 10.2. The molecule has 1 N–H and O–H groups in total. The van der Waals surface area contributed by atoms with Crippen molar-refractivity contribution < 1.29 is 80.4 Å². The molecule has 0 fully saturated rings. The van der Waals surface area contributed by atoms with Crippen molar-refractivity contribution in [2.24, 2.45) is 11.3 Å². The summed E-state index contributed by atoms with van der Waals surface area (Å²) >= 11 is 4.87.